The number of hydrogen-bond acceptors (Lipinski definition) is 5. The van der Waals surface area contributed by atoms with Gasteiger partial charge in [0.25, 0.3) is 0 Å². The van der Waals surface area contributed by atoms with Gasteiger partial charge in [-0.05, 0) is 17.7 Å². The SMILES string of the molecule is COc1cc(NC(=O)Cc2ccc(O)c(O)c2)c(OC)cc1Cl. The zero-order chi connectivity index (χ0) is 17.0. The fourth-order valence-corrected chi connectivity index (χ4v) is 2.25. The van der Waals surface area contributed by atoms with Gasteiger partial charge in [-0.3, -0.25) is 4.79 Å². The maximum absolute atomic E-state index is 12.1. The van der Waals surface area contributed by atoms with Gasteiger partial charge in [-0.2, -0.15) is 0 Å². The molecule has 122 valence electrons. The van der Waals surface area contributed by atoms with Crippen molar-refractivity contribution in [2.45, 2.75) is 6.42 Å². The third kappa shape index (κ3) is 3.98. The van der Waals surface area contributed by atoms with Crippen LogP contribution in [-0.4, -0.2) is 30.3 Å². The van der Waals surface area contributed by atoms with Crippen LogP contribution in [0.1, 0.15) is 5.56 Å². The number of methoxy groups -OCH3 is 2. The van der Waals surface area contributed by atoms with Gasteiger partial charge in [-0.15, -0.1) is 0 Å². The Morgan fingerprint density at radius 2 is 1.78 bits per heavy atom. The fraction of sp³-hybridized carbons (Fsp3) is 0.188. The van der Waals surface area contributed by atoms with Crippen LogP contribution >= 0.6 is 11.6 Å². The van der Waals surface area contributed by atoms with Gasteiger partial charge in [0, 0.05) is 12.1 Å². The largest absolute Gasteiger partial charge is 0.504 e. The maximum Gasteiger partial charge on any atom is 0.228 e. The summed E-state index contributed by atoms with van der Waals surface area (Å²) in [6.07, 6.45) is 0.0158. The van der Waals surface area contributed by atoms with Crippen molar-refractivity contribution in [3.8, 4) is 23.0 Å². The molecule has 0 aliphatic rings. The van der Waals surface area contributed by atoms with E-state index >= 15 is 0 Å². The topological polar surface area (TPSA) is 88.0 Å². The lowest BCUT2D eigenvalue weighted by Crippen LogP contribution is -2.15. The summed E-state index contributed by atoms with van der Waals surface area (Å²) in [6.45, 7) is 0. The molecule has 1 amide bonds. The number of phenolic OH excluding ortho intramolecular Hbond substituents is 2. The van der Waals surface area contributed by atoms with Gasteiger partial charge >= 0.3 is 0 Å². The first kappa shape index (κ1) is 16.8. The van der Waals surface area contributed by atoms with E-state index in [0.29, 0.717) is 27.8 Å². The number of ether oxygens (including phenoxy) is 2. The van der Waals surface area contributed by atoms with Crippen LogP contribution in [0.5, 0.6) is 23.0 Å². The van der Waals surface area contributed by atoms with Crippen LogP contribution in [0, 0.1) is 0 Å². The number of carbonyl (C=O) groups excluding carboxylic acids is 1. The molecular weight excluding hydrogens is 322 g/mol. The summed E-state index contributed by atoms with van der Waals surface area (Å²) >= 11 is 6.01. The minimum atomic E-state index is -0.322. The van der Waals surface area contributed by atoms with E-state index in [4.69, 9.17) is 21.1 Å². The van der Waals surface area contributed by atoms with Crippen LogP contribution in [0.15, 0.2) is 30.3 Å². The number of rotatable bonds is 5. The molecular formula is C16H16ClNO5. The van der Waals surface area contributed by atoms with Crippen LogP contribution in [0.4, 0.5) is 5.69 Å². The van der Waals surface area contributed by atoms with Crippen molar-refractivity contribution in [3.63, 3.8) is 0 Å². The number of carbonyl (C=O) groups is 1. The first-order valence-corrected chi connectivity index (χ1v) is 7.04. The molecule has 2 rings (SSSR count). The Hall–Kier alpha value is -2.60. The van der Waals surface area contributed by atoms with Crippen molar-refractivity contribution in [2.75, 3.05) is 19.5 Å². The quantitative estimate of drug-likeness (QED) is 0.730. The number of aromatic hydroxyl groups is 2. The molecule has 0 aliphatic heterocycles. The van der Waals surface area contributed by atoms with Gasteiger partial charge in [-0.1, -0.05) is 17.7 Å². The third-order valence-electron chi connectivity index (χ3n) is 3.15. The monoisotopic (exact) mass is 337 g/mol. The second-order valence-corrected chi connectivity index (χ2v) is 5.14. The summed E-state index contributed by atoms with van der Waals surface area (Å²) in [4.78, 5) is 12.1. The fourth-order valence-electron chi connectivity index (χ4n) is 2.02. The predicted molar refractivity (Wildman–Crippen MR) is 86.7 cm³/mol. The Morgan fingerprint density at radius 1 is 1.09 bits per heavy atom. The number of anilines is 1. The van der Waals surface area contributed by atoms with Crippen molar-refractivity contribution >= 4 is 23.2 Å². The summed E-state index contributed by atoms with van der Waals surface area (Å²) in [5.41, 5.74) is 0.972. The molecule has 3 N–H and O–H groups in total. The standard InChI is InChI=1S/C16H16ClNO5/c1-22-14-8-11(15(23-2)7-10(14)17)18-16(21)6-9-3-4-12(19)13(20)5-9/h3-5,7-8,19-20H,6H2,1-2H3,(H,18,21). The highest BCUT2D eigenvalue weighted by Gasteiger charge is 2.13. The van der Waals surface area contributed by atoms with Crippen molar-refractivity contribution < 1.29 is 24.5 Å². The van der Waals surface area contributed by atoms with E-state index in [1.54, 1.807) is 18.2 Å². The molecule has 0 atom stereocenters. The zero-order valence-corrected chi connectivity index (χ0v) is 13.3. The van der Waals surface area contributed by atoms with E-state index in [1.165, 1.54) is 26.4 Å². The Bertz CT molecular complexity index is 733. The second-order valence-electron chi connectivity index (χ2n) is 4.74. The lowest BCUT2D eigenvalue weighted by Gasteiger charge is -2.13. The molecule has 0 saturated heterocycles. The van der Waals surface area contributed by atoms with Crippen LogP contribution in [0.2, 0.25) is 5.02 Å². The number of benzene rings is 2. The van der Waals surface area contributed by atoms with Gasteiger partial charge in [0.1, 0.15) is 11.5 Å². The van der Waals surface area contributed by atoms with E-state index < -0.39 is 0 Å². The van der Waals surface area contributed by atoms with Crippen LogP contribution in [-0.2, 0) is 11.2 Å². The summed E-state index contributed by atoms with van der Waals surface area (Å²) < 4.78 is 10.3. The van der Waals surface area contributed by atoms with E-state index in [-0.39, 0.29) is 23.8 Å². The molecule has 0 aromatic heterocycles. The summed E-state index contributed by atoms with van der Waals surface area (Å²) in [5.74, 6) is -0.0279. The maximum atomic E-state index is 12.1. The Morgan fingerprint density at radius 3 is 2.39 bits per heavy atom. The molecule has 0 unspecified atom stereocenters. The van der Waals surface area contributed by atoms with Crippen molar-refractivity contribution in [2.24, 2.45) is 0 Å². The van der Waals surface area contributed by atoms with E-state index in [1.807, 2.05) is 0 Å². The van der Waals surface area contributed by atoms with E-state index in [9.17, 15) is 15.0 Å². The Kier molecular flexibility index (Phi) is 5.18. The van der Waals surface area contributed by atoms with Gasteiger partial charge in [-0.25, -0.2) is 0 Å². The summed E-state index contributed by atoms with van der Waals surface area (Å²) in [7, 11) is 2.93. The molecule has 2 aromatic carbocycles. The lowest BCUT2D eigenvalue weighted by molar-refractivity contribution is -0.115. The molecule has 0 radical (unpaired) electrons. The van der Waals surface area contributed by atoms with Crippen molar-refractivity contribution in [1.29, 1.82) is 0 Å². The highest BCUT2D eigenvalue weighted by Crippen LogP contribution is 2.36. The molecule has 0 aliphatic carbocycles. The van der Waals surface area contributed by atoms with Crippen LogP contribution in [0.25, 0.3) is 0 Å². The number of hydrogen-bond donors (Lipinski definition) is 3. The summed E-state index contributed by atoms with van der Waals surface area (Å²) in [5, 5.41) is 21.8. The van der Waals surface area contributed by atoms with Crippen LogP contribution < -0.4 is 14.8 Å². The predicted octanol–water partition coefficient (Wildman–Crippen LogP) is 2.95. The highest BCUT2D eigenvalue weighted by atomic mass is 35.5. The zero-order valence-electron chi connectivity index (χ0n) is 12.6. The summed E-state index contributed by atoms with van der Waals surface area (Å²) in [6, 6.07) is 7.31. The first-order chi connectivity index (χ1) is 10.9. The minimum Gasteiger partial charge on any atom is -0.504 e. The van der Waals surface area contributed by atoms with Crippen molar-refractivity contribution in [1.82, 2.24) is 0 Å². The van der Waals surface area contributed by atoms with Gasteiger partial charge in [0.05, 0.1) is 31.4 Å². The van der Waals surface area contributed by atoms with Crippen molar-refractivity contribution in [3.05, 3.63) is 40.9 Å². The van der Waals surface area contributed by atoms with Crippen LogP contribution in [0.3, 0.4) is 0 Å². The normalized spacial score (nSPS) is 10.2. The van der Waals surface area contributed by atoms with Gasteiger partial charge < -0.3 is 25.0 Å². The molecule has 23 heavy (non-hydrogen) atoms. The second kappa shape index (κ2) is 7.11. The average molecular weight is 338 g/mol. The molecule has 0 bridgehead atoms. The first-order valence-electron chi connectivity index (χ1n) is 6.66. The number of amides is 1. The minimum absolute atomic E-state index is 0.0158. The lowest BCUT2D eigenvalue weighted by atomic mass is 10.1. The number of nitrogens with one attached hydrogen (secondary N) is 1. The molecule has 2 aromatic rings. The molecule has 7 heteroatoms. The molecule has 0 fully saturated rings. The van der Waals surface area contributed by atoms with Gasteiger partial charge in [0.2, 0.25) is 5.91 Å². The number of halogens is 1. The Labute approximate surface area is 138 Å². The average Bonchev–Trinajstić information content (AvgIpc) is 2.52. The smallest absolute Gasteiger partial charge is 0.228 e. The molecule has 0 heterocycles. The highest BCUT2D eigenvalue weighted by molar-refractivity contribution is 6.32. The molecule has 6 nitrogen and oxygen atoms in total. The molecule has 0 spiro atoms. The van der Waals surface area contributed by atoms with E-state index in [0.717, 1.165) is 0 Å². The molecule has 0 saturated carbocycles. The van der Waals surface area contributed by atoms with Gasteiger partial charge in [0.15, 0.2) is 11.5 Å². The number of phenols is 2. The third-order valence-corrected chi connectivity index (χ3v) is 3.45. The van der Waals surface area contributed by atoms with E-state index in [2.05, 4.69) is 5.32 Å². The Balaban J connectivity index is 2.17.